The molecule has 0 saturated carbocycles. The van der Waals surface area contributed by atoms with Crippen LogP contribution in [-0.4, -0.2) is 27.5 Å². The van der Waals surface area contributed by atoms with E-state index in [1.807, 2.05) is 37.3 Å². The lowest BCUT2D eigenvalue weighted by Crippen LogP contribution is -2.11. The average Bonchev–Trinajstić information content (AvgIpc) is 2.75. The minimum Gasteiger partial charge on any atom is -0.462 e. The summed E-state index contributed by atoms with van der Waals surface area (Å²) in [6, 6.07) is 15.7. The van der Waals surface area contributed by atoms with E-state index in [2.05, 4.69) is 20.6 Å². The van der Waals surface area contributed by atoms with Gasteiger partial charge in [0.2, 0.25) is 11.6 Å². The predicted molar refractivity (Wildman–Crippen MR) is 113 cm³/mol. The van der Waals surface area contributed by atoms with E-state index < -0.39 is 10.9 Å². The van der Waals surface area contributed by atoms with Crippen LogP contribution in [0.5, 0.6) is 0 Å². The van der Waals surface area contributed by atoms with Crippen molar-refractivity contribution in [2.45, 2.75) is 19.9 Å². The quantitative estimate of drug-likeness (QED) is 0.319. The van der Waals surface area contributed by atoms with Crippen molar-refractivity contribution >= 4 is 29.0 Å². The molecule has 30 heavy (non-hydrogen) atoms. The second-order valence-corrected chi connectivity index (χ2v) is 6.38. The van der Waals surface area contributed by atoms with Gasteiger partial charge in [-0.05, 0) is 43.7 Å². The first-order valence-corrected chi connectivity index (χ1v) is 9.34. The molecule has 0 radical (unpaired) electrons. The summed E-state index contributed by atoms with van der Waals surface area (Å²) in [6.07, 6.45) is 1.25. The van der Waals surface area contributed by atoms with Crippen LogP contribution in [0.2, 0.25) is 0 Å². The minimum atomic E-state index is -0.532. The molecular weight excluding hydrogens is 386 g/mol. The fraction of sp³-hybridized carbons (Fsp3) is 0.190. The highest BCUT2D eigenvalue weighted by Crippen LogP contribution is 2.33. The van der Waals surface area contributed by atoms with Gasteiger partial charge in [-0.1, -0.05) is 30.3 Å². The third-order valence-corrected chi connectivity index (χ3v) is 4.32. The first kappa shape index (κ1) is 20.7. The largest absolute Gasteiger partial charge is 0.462 e. The van der Waals surface area contributed by atoms with Crippen LogP contribution < -0.4 is 10.6 Å². The number of aromatic nitrogens is 2. The van der Waals surface area contributed by atoms with Crippen molar-refractivity contribution < 1.29 is 14.5 Å². The monoisotopic (exact) mass is 407 g/mol. The van der Waals surface area contributed by atoms with Crippen LogP contribution in [0.4, 0.5) is 23.0 Å². The zero-order valence-corrected chi connectivity index (χ0v) is 16.5. The van der Waals surface area contributed by atoms with Gasteiger partial charge in [-0.25, -0.2) is 14.8 Å². The number of hydrogen-bond donors (Lipinski definition) is 2. The van der Waals surface area contributed by atoms with Crippen LogP contribution >= 0.6 is 0 Å². The van der Waals surface area contributed by atoms with Crippen molar-refractivity contribution in [3.05, 3.63) is 82.2 Å². The Kier molecular flexibility index (Phi) is 6.53. The van der Waals surface area contributed by atoms with Crippen LogP contribution in [0.1, 0.15) is 35.8 Å². The number of hydrogen-bond acceptors (Lipinski definition) is 8. The molecule has 0 aliphatic rings. The number of carbonyl (C=O) groups is 1. The summed E-state index contributed by atoms with van der Waals surface area (Å²) in [4.78, 5) is 31.1. The highest BCUT2D eigenvalue weighted by molar-refractivity contribution is 5.90. The normalized spacial score (nSPS) is 11.4. The summed E-state index contributed by atoms with van der Waals surface area (Å²) in [5.74, 6) is -0.280. The molecule has 0 fully saturated rings. The Labute approximate surface area is 173 Å². The van der Waals surface area contributed by atoms with Crippen LogP contribution in [-0.2, 0) is 4.74 Å². The molecule has 154 valence electrons. The Morgan fingerprint density at radius 2 is 1.77 bits per heavy atom. The van der Waals surface area contributed by atoms with Crippen LogP contribution in [0.3, 0.4) is 0 Å². The molecule has 2 aromatic carbocycles. The fourth-order valence-corrected chi connectivity index (χ4v) is 2.82. The second kappa shape index (κ2) is 9.46. The molecule has 0 amide bonds. The molecule has 0 bridgehead atoms. The molecule has 0 aliphatic carbocycles. The molecular formula is C21H21N5O4. The van der Waals surface area contributed by atoms with E-state index >= 15 is 0 Å². The SMILES string of the molecule is CCOC(=O)c1ccc(Nc2ncnc(NC(C)c3ccccc3)c2[N+](=O)[O-])cc1. The molecule has 3 aromatic rings. The molecule has 0 saturated heterocycles. The van der Waals surface area contributed by atoms with E-state index in [0.29, 0.717) is 11.3 Å². The summed E-state index contributed by atoms with van der Waals surface area (Å²) in [5, 5.41) is 17.7. The maximum absolute atomic E-state index is 11.8. The summed E-state index contributed by atoms with van der Waals surface area (Å²) in [6.45, 7) is 3.90. The van der Waals surface area contributed by atoms with E-state index in [1.165, 1.54) is 6.33 Å². The van der Waals surface area contributed by atoms with Gasteiger partial charge in [-0.2, -0.15) is 0 Å². The Bertz CT molecular complexity index is 1030. The van der Waals surface area contributed by atoms with Gasteiger partial charge in [0.1, 0.15) is 6.33 Å². The van der Waals surface area contributed by atoms with Gasteiger partial charge < -0.3 is 15.4 Å². The number of esters is 1. The molecule has 9 heteroatoms. The first-order valence-electron chi connectivity index (χ1n) is 9.34. The smallest absolute Gasteiger partial charge is 0.353 e. The minimum absolute atomic E-state index is 0.0432. The van der Waals surface area contributed by atoms with Gasteiger partial charge >= 0.3 is 11.7 Å². The lowest BCUT2D eigenvalue weighted by molar-refractivity contribution is -0.383. The highest BCUT2D eigenvalue weighted by atomic mass is 16.6. The van der Waals surface area contributed by atoms with Crippen molar-refractivity contribution in [1.82, 2.24) is 9.97 Å². The molecule has 1 unspecified atom stereocenters. The highest BCUT2D eigenvalue weighted by Gasteiger charge is 2.24. The summed E-state index contributed by atoms with van der Waals surface area (Å²) >= 11 is 0. The molecule has 3 rings (SSSR count). The third-order valence-electron chi connectivity index (χ3n) is 4.32. The van der Waals surface area contributed by atoms with Crippen LogP contribution in [0, 0.1) is 10.1 Å². The van der Waals surface area contributed by atoms with E-state index in [4.69, 9.17) is 4.74 Å². The number of nitrogens with one attached hydrogen (secondary N) is 2. The molecule has 0 aliphatic heterocycles. The molecule has 1 atom stereocenters. The lowest BCUT2D eigenvalue weighted by Gasteiger charge is -2.16. The molecule has 1 heterocycles. The van der Waals surface area contributed by atoms with Crippen molar-refractivity contribution in [3.63, 3.8) is 0 Å². The Morgan fingerprint density at radius 1 is 1.10 bits per heavy atom. The number of carbonyl (C=O) groups excluding carboxylic acids is 1. The van der Waals surface area contributed by atoms with Gasteiger partial charge in [0.05, 0.1) is 23.1 Å². The molecule has 1 aromatic heterocycles. The van der Waals surface area contributed by atoms with Gasteiger partial charge in [-0.3, -0.25) is 10.1 Å². The first-order chi connectivity index (χ1) is 14.5. The van der Waals surface area contributed by atoms with Crippen LogP contribution in [0.25, 0.3) is 0 Å². The van der Waals surface area contributed by atoms with Gasteiger partial charge in [0, 0.05) is 5.69 Å². The third kappa shape index (κ3) is 4.88. The molecule has 9 nitrogen and oxygen atoms in total. The van der Waals surface area contributed by atoms with Crippen LogP contribution in [0.15, 0.2) is 60.9 Å². The number of nitro groups is 1. The average molecular weight is 407 g/mol. The van der Waals surface area contributed by atoms with Gasteiger partial charge in [0.25, 0.3) is 0 Å². The molecule has 2 N–H and O–H groups in total. The van der Waals surface area contributed by atoms with Crippen molar-refractivity contribution in [3.8, 4) is 0 Å². The Morgan fingerprint density at radius 3 is 2.40 bits per heavy atom. The van der Waals surface area contributed by atoms with Crippen molar-refractivity contribution in [1.29, 1.82) is 0 Å². The Balaban J connectivity index is 1.84. The van der Waals surface area contributed by atoms with E-state index in [-0.39, 0.29) is 30.0 Å². The van der Waals surface area contributed by atoms with Crippen molar-refractivity contribution in [2.24, 2.45) is 0 Å². The number of ether oxygens (including phenoxy) is 1. The molecule has 0 spiro atoms. The predicted octanol–water partition coefficient (Wildman–Crippen LogP) is 4.48. The van der Waals surface area contributed by atoms with Gasteiger partial charge in [-0.15, -0.1) is 0 Å². The van der Waals surface area contributed by atoms with E-state index in [0.717, 1.165) is 5.56 Å². The zero-order chi connectivity index (χ0) is 21.5. The van der Waals surface area contributed by atoms with Gasteiger partial charge in [0.15, 0.2) is 0 Å². The number of rotatable bonds is 8. The Hall–Kier alpha value is -4.01. The number of anilines is 3. The summed E-state index contributed by atoms with van der Waals surface area (Å²) in [7, 11) is 0. The summed E-state index contributed by atoms with van der Waals surface area (Å²) in [5.41, 5.74) is 1.62. The summed E-state index contributed by atoms with van der Waals surface area (Å²) < 4.78 is 4.95. The number of benzene rings is 2. The van der Waals surface area contributed by atoms with Crippen molar-refractivity contribution in [2.75, 3.05) is 17.2 Å². The topological polar surface area (TPSA) is 119 Å². The maximum atomic E-state index is 11.8. The second-order valence-electron chi connectivity index (χ2n) is 6.38. The maximum Gasteiger partial charge on any atom is 0.353 e. The standard InChI is InChI=1S/C21H21N5O4/c1-3-30-21(27)16-9-11-17(12-10-16)25-20-18(26(28)29)19(22-13-23-20)24-14(2)15-7-5-4-6-8-15/h4-14H,3H2,1-2H3,(H2,22,23,24,25). The number of nitrogens with zero attached hydrogens (tertiary/aromatic N) is 3. The van der Waals surface area contributed by atoms with E-state index in [1.54, 1.807) is 31.2 Å². The fourth-order valence-electron chi connectivity index (χ4n) is 2.82. The van der Waals surface area contributed by atoms with E-state index in [9.17, 15) is 14.9 Å². The lowest BCUT2D eigenvalue weighted by atomic mass is 10.1. The zero-order valence-electron chi connectivity index (χ0n) is 16.5.